The van der Waals surface area contributed by atoms with Gasteiger partial charge in [-0.3, -0.25) is 14.6 Å². The van der Waals surface area contributed by atoms with E-state index in [4.69, 9.17) is 5.73 Å². The molecule has 0 unspecified atom stereocenters. The number of aromatic nitrogens is 1. The van der Waals surface area contributed by atoms with E-state index in [-0.39, 0.29) is 11.7 Å². The summed E-state index contributed by atoms with van der Waals surface area (Å²) in [5, 5.41) is 3.80. The topological polar surface area (TPSA) is 85.1 Å². The minimum Gasteiger partial charge on any atom is -0.369 e. The third kappa shape index (κ3) is 3.72. The summed E-state index contributed by atoms with van der Waals surface area (Å²) in [5.41, 5.74) is 7.16. The summed E-state index contributed by atoms with van der Waals surface area (Å²) in [6.45, 7) is 0. The highest BCUT2D eigenvalue weighted by Crippen LogP contribution is 2.24. The molecule has 2 aromatic carbocycles. The van der Waals surface area contributed by atoms with Gasteiger partial charge in [-0.05, 0) is 24.3 Å². The molecule has 0 atom stereocenters. The SMILES string of the molecule is NC(=O)CSc1ccccc1C(=O)Nc1cnc2ccccc2c1. The minimum absolute atomic E-state index is 0.127. The second-order valence-corrected chi connectivity index (χ2v) is 6.14. The number of fused-ring (bicyclic) bond motifs is 1. The number of benzene rings is 2. The number of hydrogen-bond donors (Lipinski definition) is 2. The molecule has 5 nitrogen and oxygen atoms in total. The fraction of sp³-hybridized carbons (Fsp3) is 0.0556. The molecule has 3 rings (SSSR count). The normalized spacial score (nSPS) is 10.5. The van der Waals surface area contributed by atoms with Gasteiger partial charge in [0.2, 0.25) is 5.91 Å². The van der Waals surface area contributed by atoms with Crippen LogP contribution in [0.1, 0.15) is 10.4 Å². The lowest BCUT2D eigenvalue weighted by molar-refractivity contribution is -0.115. The number of pyridine rings is 1. The Morgan fingerprint density at radius 1 is 1.08 bits per heavy atom. The summed E-state index contributed by atoms with van der Waals surface area (Å²) in [6.07, 6.45) is 1.62. The maximum atomic E-state index is 12.5. The van der Waals surface area contributed by atoms with Crippen molar-refractivity contribution in [3.05, 3.63) is 66.4 Å². The Bertz CT molecular complexity index is 911. The predicted molar refractivity (Wildman–Crippen MR) is 96.1 cm³/mol. The van der Waals surface area contributed by atoms with Crippen LogP contribution in [0.2, 0.25) is 0 Å². The lowest BCUT2D eigenvalue weighted by Gasteiger charge is -2.09. The van der Waals surface area contributed by atoms with Crippen LogP contribution in [-0.2, 0) is 4.79 Å². The summed E-state index contributed by atoms with van der Waals surface area (Å²) in [6, 6.07) is 16.7. The van der Waals surface area contributed by atoms with Crippen molar-refractivity contribution in [2.24, 2.45) is 5.73 Å². The number of primary amides is 1. The molecule has 1 aromatic heterocycles. The van der Waals surface area contributed by atoms with E-state index in [1.807, 2.05) is 36.4 Å². The van der Waals surface area contributed by atoms with Crippen molar-refractivity contribution >= 4 is 40.2 Å². The maximum Gasteiger partial charge on any atom is 0.256 e. The van der Waals surface area contributed by atoms with Gasteiger partial charge in [-0.15, -0.1) is 11.8 Å². The predicted octanol–water partition coefficient (Wildman–Crippen LogP) is 3.06. The third-order valence-electron chi connectivity index (χ3n) is 3.35. The average molecular weight is 337 g/mol. The van der Waals surface area contributed by atoms with Gasteiger partial charge in [0, 0.05) is 10.3 Å². The summed E-state index contributed by atoms with van der Waals surface area (Å²) in [4.78, 5) is 28.5. The summed E-state index contributed by atoms with van der Waals surface area (Å²) in [7, 11) is 0. The molecule has 0 spiro atoms. The number of anilines is 1. The molecule has 0 saturated heterocycles. The molecule has 24 heavy (non-hydrogen) atoms. The molecule has 0 saturated carbocycles. The van der Waals surface area contributed by atoms with E-state index >= 15 is 0 Å². The fourth-order valence-corrected chi connectivity index (χ4v) is 3.06. The Kier molecular flexibility index (Phi) is 4.77. The molecular weight excluding hydrogens is 322 g/mol. The number of amides is 2. The first-order valence-electron chi connectivity index (χ1n) is 7.30. The second-order valence-electron chi connectivity index (χ2n) is 5.12. The van der Waals surface area contributed by atoms with Crippen LogP contribution in [0.4, 0.5) is 5.69 Å². The Labute approximate surface area is 143 Å². The highest BCUT2D eigenvalue weighted by molar-refractivity contribution is 8.00. The van der Waals surface area contributed by atoms with E-state index in [0.29, 0.717) is 16.1 Å². The van der Waals surface area contributed by atoms with Crippen LogP contribution >= 0.6 is 11.8 Å². The lowest BCUT2D eigenvalue weighted by atomic mass is 10.2. The van der Waals surface area contributed by atoms with Crippen molar-refractivity contribution < 1.29 is 9.59 Å². The van der Waals surface area contributed by atoms with Crippen LogP contribution in [-0.4, -0.2) is 22.6 Å². The van der Waals surface area contributed by atoms with Gasteiger partial charge in [0.15, 0.2) is 0 Å². The van der Waals surface area contributed by atoms with E-state index in [1.54, 1.807) is 24.4 Å². The zero-order chi connectivity index (χ0) is 16.9. The number of hydrogen-bond acceptors (Lipinski definition) is 4. The van der Waals surface area contributed by atoms with E-state index in [0.717, 1.165) is 10.9 Å². The average Bonchev–Trinajstić information content (AvgIpc) is 2.60. The number of para-hydroxylation sites is 1. The Hall–Kier alpha value is -2.86. The van der Waals surface area contributed by atoms with Gasteiger partial charge < -0.3 is 11.1 Å². The smallest absolute Gasteiger partial charge is 0.256 e. The molecule has 120 valence electrons. The highest BCUT2D eigenvalue weighted by Gasteiger charge is 2.12. The fourth-order valence-electron chi connectivity index (χ4n) is 2.27. The van der Waals surface area contributed by atoms with E-state index in [1.165, 1.54) is 11.8 Å². The van der Waals surface area contributed by atoms with Crippen molar-refractivity contribution in [1.82, 2.24) is 4.98 Å². The van der Waals surface area contributed by atoms with E-state index in [2.05, 4.69) is 10.3 Å². The molecule has 0 aliphatic heterocycles. The first kappa shape index (κ1) is 16.0. The number of nitrogens with zero attached hydrogens (tertiary/aromatic N) is 1. The van der Waals surface area contributed by atoms with Crippen molar-refractivity contribution in [1.29, 1.82) is 0 Å². The van der Waals surface area contributed by atoms with Crippen LogP contribution in [0.15, 0.2) is 65.7 Å². The minimum atomic E-state index is -0.422. The number of carbonyl (C=O) groups is 2. The van der Waals surface area contributed by atoms with Gasteiger partial charge >= 0.3 is 0 Å². The number of carbonyl (C=O) groups excluding carboxylic acids is 2. The summed E-state index contributed by atoms with van der Waals surface area (Å²) < 4.78 is 0. The van der Waals surface area contributed by atoms with Crippen LogP contribution in [0.25, 0.3) is 10.9 Å². The largest absolute Gasteiger partial charge is 0.369 e. The number of nitrogens with two attached hydrogens (primary N) is 1. The van der Waals surface area contributed by atoms with Crippen molar-refractivity contribution in [3.63, 3.8) is 0 Å². The van der Waals surface area contributed by atoms with Gasteiger partial charge in [-0.25, -0.2) is 0 Å². The monoisotopic (exact) mass is 337 g/mol. The van der Waals surface area contributed by atoms with Crippen LogP contribution in [0.3, 0.4) is 0 Å². The molecule has 0 aliphatic carbocycles. The molecule has 0 fully saturated rings. The quantitative estimate of drug-likeness (QED) is 0.701. The summed E-state index contributed by atoms with van der Waals surface area (Å²) >= 11 is 1.25. The standard InChI is InChI=1S/C18H15N3O2S/c19-17(22)11-24-16-8-4-2-6-14(16)18(23)21-13-9-12-5-1-3-7-15(12)20-10-13/h1-10H,11H2,(H2,19,22)(H,21,23). The van der Waals surface area contributed by atoms with Gasteiger partial charge in [0.1, 0.15) is 0 Å². The van der Waals surface area contributed by atoms with Crippen molar-refractivity contribution in [2.75, 3.05) is 11.1 Å². The third-order valence-corrected chi connectivity index (χ3v) is 4.45. The Morgan fingerprint density at radius 3 is 2.67 bits per heavy atom. The highest BCUT2D eigenvalue weighted by atomic mass is 32.2. The number of thioether (sulfide) groups is 1. The Balaban J connectivity index is 1.82. The van der Waals surface area contributed by atoms with E-state index < -0.39 is 5.91 Å². The van der Waals surface area contributed by atoms with Crippen LogP contribution < -0.4 is 11.1 Å². The van der Waals surface area contributed by atoms with Gasteiger partial charge in [0.05, 0.1) is 28.7 Å². The van der Waals surface area contributed by atoms with Gasteiger partial charge in [-0.2, -0.15) is 0 Å². The van der Waals surface area contributed by atoms with Crippen LogP contribution in [0.5, 0.6) is 0 Å². The molecule has 0 radical (unpaired) electrons. The Morgan fingerprint density at radius 2 is 1.83 bits per heavy atom. The molecule has 6 heteroatoms. The molecule has 2 amide bonds. The van der Waals surface area contributed by atoms with Gasteiger partial charge in [-0.1, -0.05) is 30.3 Å². The molecule has 0 aliphatic rings. The molecule has 1 heterocycles. The van der Waals surface area contributed by atoms with Gasteiger partial charge in [0.25, 0.3) is 5.91 Å². The molecule has 3 aromatic rings. The second kappa shape index (κ2) is 7.14. The molecular formula is C18H15N3O2S. The van der Waals surface area contributed by atoms with E-state index in [9.17, 15) is 9.59 Å². The first-order valence-corrected chi connectivity index (χ1v) is 8.28. The molecule has 0 bridgehead atoms. The lowest BCUT2D eigenvalue weighted by Crippen LogP contribution is -2.15. The maximum absolute atomic E-state index is 12.5. The zero-order valence-electron chi connectivity index (χ0n) is 12.7. The van der Waals surface area contributed by atoms with Crippen molar-refractivity contribution in [3.8, 4) is 0 Å². The van der Waals surface area contributed by atoms with Crippen molar-refractivity contribution in [2.45, 2.75) is 4.90 Å². The zero-order valence-corrected chi connectivity index (χ0v) is 13.5. The number of nitrogens with one attached hydrogen (secondary N) is 1. The van der Waals surface area contributed by atoms with Crippen LogP contribution in [0, 0.1) is 0 Å². The molecule has 3 N–H and O–H groups in total. The first-order chi connectivity index (χ1) is 11.6. The summed E-state index contributed by atoms with van der Waals surface area (Å²) in [5.74, 6) is -0.546. The number of rotatable bonds is 5.